The lowest BCUT2D eigenvalue weighted by Crippen LogP contribution is -2.38. The number of esters is 1. The molecule has 5 nitrogen and oxygen atoms in total. The molecule has 0 radical (unpaired) electrons. The fraction of sp³-hybridized carbons (Fsp3) is 0.529. The van der Waals surface area contributed by atoms with Gasteiger partial charge in [-0.25, -0.2) is 4.39 Å². The third kappa shape index (κ3) is 8.18. The van der Waals surface area contributed by atoms with E-state index >= 15 is 0 Å². The largest absolute Gasteiger partial charge is 0.463 e. The van der Waals surface area contributed by atoms with Gasteiger partial charge in [0.2, 0.25) is 0 Å². The first-order chi connectivity index (χ1) is 11.0. The number of halogens is 1. The first kappa shape index (κ1) is 18.9. The van der Waals surface area contributed by atoms with E-state index in [0.29, 0.717) is 37.6 Å². The molecule has 0 unspecified atom stereocenters. The maximum Gasteiger partial charge on any atom is 0.307 e. The minimum Gasteiger partial charge on any atom is -0.463 e. The molecule has 2 N–H and O–H groups in total. The zero-order chi connectivity index (χ0) is 17.1. The average molecular weight is 323 g/mol. The molecule has 0 aliphatic carbocycles. The molecule has 0 spiro atoms. The smallest absolute Gasteiger partial charge is 0.307 e. The van der Waals surface area contributed by atoms with Gasteiger partial charge in [0.05, 0.1) is 19.1 Å². The highest BCUT2D eigenvalue weighted by atomic mass is 19.1. The summed E-state index contributed by atoms with van der Waals surface area (Å²) in [5.41, 5.74) is 0.663. The van der Waals surface area contributed by atoms with Crippen molar-refractivity contribution in [3.63, 3.8) is 0 Å². The molecule has 1 rings (SSSR count). The Balaban J connectivity index is 2.40. The zero-order valence-corrected chi connectivity index (χ0v) is 14.1. The maximum atomic E-state index is 13.5. The van der Waals surface area contributed by atoms with Gasteiger partial charge in [-0.1, -0.05) is 18.2 Å². The van der Waals surface area contributed by atoms with Crippen LogP contribution in [0.15, 0.2) is 29.3 Å². The van der Waals surface area contributed by atoms with E-state index in [-0.39, 0.29) is 24.3 Å². The number of ether oxygens (including phenoxy) is 1. The van der Waals surface area contributed by atoms with E-state index in [1.807, 2.05) is 26.8 Å². The Morgan fingerprint density at radius 3 is 2.70 bits per heavy atom. The van der Waals surface area contributed by atoms with Crippen molar-refractivity contribution in [3.05, 3.63) is 35.6 Å². The van der Waals surface area contributed by atoms with Crippen molar-refractivity contribution in [1.29, 1.82) is 0 Å². The van der Waals surface area contributed by atoms with Crippen molar-refractivity contribution < 1.29 is 13.9 Å². The third-order valence-corrected chi connectivity index (χ3v) is 2.94. The fourth-order valence-corrected chi connectivity index (χ4v) is 1.94. The van der Waals surface area contributed by atoms with E-state index in [0.717, 1.165) is 0 Å². The molecule has 0 saturated carbocycles. The lowest BCUT2D eigenvalue weighted by Gasteiger charge is -2.12. The molecule has 23 heavy (non-hydrogen) atoms. The van der Waals surface area contributed by atoms with Crippen molar-refractivity contribution in [2.45, 2.75) is 39.7 Å². The van der Waals surface area contributed by atoms with Gasteiger partial charge in [0.1, 0.15) is 5.82 Å². The predicted molar refractivity (Wildman–Crippen MR) is 89.9 cm³/mol. The van der Waals surface area contributed by atoms with Gasteiger partial charge in [0.25, 0.3) is 0 Å². The van der Waals surface area contributed by atoms with E-state index in [1.54, 1.807) is 12.1 Å². The molecule has 128 valence electrons. The van der Waals surface area contributed by atoms with Gasteiger partial charge in [-0.3, -0.25) is 9.79 Å². The number of hydrogen-bond acceptors (Lipinski definition) is 3. The lowest BCUT2D eigenvalue weighted by atomic mass is 10.1. The van der Waals surface area contributed by atoms with Gasteiger partial charge in [-0.05, 0) is 38.8 Å². The monoisotopic (exact) mass is 323 g/mol. The topological polar surface area (TPSA) is 62.7 Å². The van der Waals surface area contributed by atoms with Crippen molar-refractivity contribution in [1.82, 2.24) is 10.6 Å². The van der Waals surface area contributed by atoms with Crippen LogP contribution in [-0.4, -0.2) is 37.7 Å². The number of carbonyl (C=O) groups excluding carboxylic acids is 1. The first-order valence-corrected chi connectivity index (χ1v) is 7.98. The van der Waals surface area contributed by atoms with Crippen LogP contribution in [0.2, 0.25) is 0 Å². The number of nitrogens with one attached hydrogen (secondary N) is 2. The number of benzene rings is 1. The van der Waals surface area contributed by atoms with Crippen molar-refractivity contribution in [2.24, 2.45) is 4.99 Å². The van der Waals surface area contributed by atoms with Gasteiger partial charge >= 0.3 is 5.97 Å². The van der Waals surface area contributed by atoms with Gasteiger partial charge < -0.3 is 15.4 Å². The quantitative estimate of drug-likeness (QED) is 0.438. The predicted octanol–water partition coefficient (Wildman–Crippen LogP) is 2.26. The molecule has 0 aliphatic rings. The van der Waals surface area contributed by atoms with Crippen LogP contribution in [0.25, 0.3) is 0 Å². The summed E-state index contributed by atoms with van der Waals surface area (Å²) in [5, 5.41) is 6.22. The normalized spacial score (nSPS) is 11.4. The summed E-state index contributed by atoms with van der Waals surface area (Å²) >= 11 is 0. The van der Waals surface area contributed by atoms with Gasteiger partial charge in [0.15, 0.2) is 5.96 Å². The third-order valence-electron chi connectivity index (χ3n) is 2.94. The molecule has 1 aromatic carbocycles. The van der Waals surface area contributed by atoms with Crippen LogP contribution in [0.4, 0.5) is 4.39 Å². The molecule has 1 aromatic rings. The van der Waals surface area contributed by atoms with Crippen molar-refractivity contribution in [3.8, 4) is 0 Å². The Kier molecular flexibility index (Phi) is 8.72. The summed E-state index contributed by atoms with van der Waals surface area (Å²) in [4.78, 5) is 15.8. The van der Waals surface area contributed by atoms with E-state index in [2.05, 4.69) is 15.6 Å². The number of aliphatic imine (C=N–C) groups is 1. The second-order valence-corrected chi connectivity index (χ2v) is 5.32. The second kappa shape index (κ2) is 10.6. The van der Waals surface area contributed by atoms with E-state index in [4.69, 9.17) is 4.74 Å². The highest BCUT2D eigenvalue weighted by Crippen LogP contribution is 2.06. The molecule has 0 bridgehead atoms. The summed E-state index contributed by atoms with van der Waals surface area (Å²) < 4.78 is 18.6. The highest BCUT2D eigenvalue weighted by Gasteiger charge is 2.05. The minimum atomic E-state index is -0.258. The Hall–Kier alpha value is -2.11. The minimum absolute atomic E-state index is 0.112. The SMILES string of the molecule is CCNC(=NCCC(=O)OC(C)C)NCCc1ccccc1F. The molecule has 0 heterocycles. The summed E-state index contributed by atoms with van der Waals surface area (Å²) in [7, 11) is 0. The van der Waals surface area contributed by atoms with E-state index < -0.39 is 0 Å². The van der Waals surface area contributed by atoms with Crippen LogP contribution in [0, 0.1) is 5.82 Å². The molecule has 0 saturated heterocycles. The summed E-state index contributed by atoms with van der Waals surface area (Å²) in [6.45, 7) is 7.21. The molecule has 0 amide bonds. The van der Waals surface area contributed by atoms with Gasteiger partial charge in [0, 0.05) is 13.1 Å². The maximum absolute atomic E-state index is 13.5. The molecule has 0 aromatic heterocycles. The summed E-state index contributed by atoms with van der Waals surface area (Å²) in [6, 6.07) is 6.71. The van der Waals surface area contributed by atoms with Crippen LogP contribution >= 0.6 is 0 Å². The van der Waals surface area contributed by atoms with Crippen LogP contribution < -0.4 is 10.6 Å². The number of hydrogen-bond donors (Lipinski definition) is 2. The lowest BCUT2D eigenvalue weighted by molar-refractivity contribution is -0.147. The average Bonchev–Trinajstić information content (AvgIpc) is 2.48. The Bertz CT molecular complexity index is 518. The van der Waals surface area contributed by atoms with Crippen LogP contribution in [-0.2, 0) is 16.0 Å². The standard InChI is InChI=1S/C17H26FN3O2/c1-4-19-17(21-12-10-16(22)23-13(2)3)20-11-9-14-7-5-6-8-15(14)18/h5-8,13H,4,9-12H2,1-3H3,(H2,19,20,21). The van der Waals surface area contributed by atoms with Crippen LogP contribution in [0.1, 0.15) is 32.8 Å². The number of rotatable bonds is 8. The van der Waals surface area contributed by atoms with E-state index in [1.165, 1.54) is 6.07 Å². The molecule has 0 fully saturated rings. The first-order valence-electron chi connectivity index (χ1n) is 7.98. The summed E-state index contributed by atoms with van der Waals surface area (Å²) in [5.74, 6) is 0.153. The molecule has 0 atom stereocenters. The van der Waals surface area contributed by atoms with Gasteiger partial charge in [-0.15, -0.1) is 0 Å². The highest BCUT2D eigenvalue weighted by molar-refractivity contribution is 5.80. The zero-order valence-electron chi connectivity index (χ0n) is 14.1. The number of nitrogens with zero attached hydrogens (tertiary/aromatic N) is 1. The number of guanidine groups is 1. The Morgan fingerprint density at radius 2 is 2.04 bits per heavy atom. The summed E-state index contributed by atoms with van der Waals surface area (Å²) in [6.07, 6.45) is 0.688. The van der Waals surface area contributed by atoms with Crippen LogP contribution in [0.3, 0.4) is 0 Å². The second-order valence-electron chi connectivity index (χ2n) is 5.32. The number of carbonyl (C=O) groups is 1. The Labute approximate surface area is 137 Å². The molecule has 0 aliphatic heterocycles. The fourth-order valence-electron chi connectivity index (χ4n) is 1.94. The molecule has 6 heteroatoms. The molecular formula is C17H26FN3O2. The van der Waals surface area contributed by atoms with Crippen molar-refractivity contribution in [2.75, 3.05) is 19.6 Å². The van der Waals surface area contributed by atoms with E-state index in [9.17, 15) is 9.18 Å². The van der Waals surface area contributed by atoms with Crippen molar-refractivity contribution >= 4 is 11.9 Å². The van der Waals surface area contributed by atoms with Gasteiger partial charge in [-0.2, -0.15) is 0 Å². The Morgan fingerprint density at radius 1 is 1.30 bits per heavy atom. The van der Waals surface area contributed by atoms with Crippen LogP contribution in [0.5, 0.6) is 0 Å². The molecular weight excluding hydrogens is 297 g/mol.